The number of aliphatic hydroxyl groups is 1. The molecule has 2 rings (SSSR count). The first kappa shape index (κ1) is 9.67. The topological polar surface area (TPSA) is 70.1 Å². The predicted octanol–water partition coefficient (Wildman–Crippen LogP) is 0.298. The predicted molar refractivity (Wildman–Crippen MR) is 51.5 cm³/mol. The molecule has 2 N–H and O–H groups in total. The van der Waals surface area contributed by atoms with Crippen molar-refractivity contribution in [2.45, 2.75) is 13.0 Å². The minimum absolute atomic E-state index is 0.436. The average Bonchev–Trinajstić information content (AvgIpc) is 2.65. The number of aromatic amines is 1. The van der Waals surface area contributed by atoms with Gasteiger partial charge in [0, 0.05) is 12.1 Å². The molecule has 15 heavy (non-hydrogen) atoms. The number of hydrogen-bond acceptors (Lipinski definition) is 3. The molecule has 0 amide bonds. The normalized spacial score (nSPS) is 12.7. The van der Waals surface area contributed by atoms with Crippen LogP contribution in [0.1, 0.15) is 18.6 Å². The first-order chi connectivity index (χ1) is 7.16. The highest BCUT2D eigenvalue weighted by atomic mass is 16.5. The Morgan fingerprint density at radius 3 is 2.53 bits per heavy atom. The van der Waals surface area contributed by atoms with Gasteiger partial charge in [0.05, 0.1) is 6.10 Å². The number of benzene rings is 1. The highest BCUT2D eigenvalue weighted by Gasteiger charge is 2.10. The summed E-state index contributed by atoms with van der Waals surface area (Å²) in [5, 5.41) is 11.7. The highest BCUT2D eigenvalue weighted by molar-refractivity contribution is 5.27. The van der Waals surface area contributed by atoms with E-state index in [2.05, 4.69) is 9.79 Å². The number of aromatic nitrogens is 2. The van der Waals surface area contributed by atoms with Gasteiger partial charge >= 0.3 is 5.63 Å². The highest BCUT2D eigenvalue weighted by Crippen LogP contribution is 2.11. The molecular formula is C10H11N2O3+. The van der Waals surface area contributed by atoms with E-state index in [9.17, 15) is 9.90 Å². The fraction of sp³-hybridized carbons (Fsp3) is 0.200. The zero-order chi connectivity index (χ0) is 10.8. The smallest absolute Gasteiger partial charge is 0.389 e. The second kappa shape index (κ2) is 3.70. The molecule has 0 radical (unpaired) electrons. The maximum absolute atomic E-state index is 10.8. The largest absolute Gasteiger partial charge is 0.427 e. The lowest BCUT2D eigenvalue weighted by molar-refractivity contribution is -0.670. The fourth-order valence-electron chi connectivity index (χ4n) is 1.29. The summed E-state index contributed by atoms with van der Waals surface area (Å²) in [5.41, 5.74) is 1.16. The van der Waals surface area contributed by atoms with Gasteiger partial charge in [-0.05, 0) is 34.6 Å². The van der Waals surface area contributed by atoms with Crippen LogP contribution in [0.5, 0.6) is 0 Å². The third-order valence-electron chi connectivity index (χ3n) is 2.13. The molecule has 5 heteroatoms. The Bertz CT molecular complexity index is 496. The van der Waals surface area contributed by atoms with Crippen molar-refractivity contribution in [2.75, 3.05) is 0 Å². The van der Waals surface area contributed by atoms with E-state index >= 15 is 0 Å². The van der Waals surface area contributed by atoms with Crippen LogP contribution in [0.4, 0.5) is 0 Å². The standard InChI is InChI=1S/C10H10N2O3/c1-7(13)8-2-4-9(5-3-8)12-6-10(14)15-11-12/h2-7,13H,1H3/p+1. The molecule has 0 fully saturated rings. The molecule has 0 aliphatic carbocycles. The summed E-state index contributed by atoms with van der Waals surface area (Å²) in [6.07, 6.45) is 0.810. The van der Waals surface area contributed by atoms with Crippen LogP contribution in [0.3, 0.4) is 0 Å². The van der Waals surface area contributed by atoms with Gasteiger partial charge in [-0.1, -0.05) is 0 Å². The summed E-state index contributed by atoms with van der Waals surface area (Å²) in [5.74, 6) is 0. The summed E-state index contributed by atoms with van der Waals surface area (Å²) in [6.45, 7) is 1.70. The number of nitrogens with one attached hydrogen (secondary N) is 1. The average molecular weight is 207 g/mol. The van der Waals surface area contributed by atoms with Gasteiger partial charge in [0.2, 0.25) is 5.69 Å². The molecule has 0 saturated carbocycles. The minimum atomic E-state index is -0.493. The summed E-state index contributed by atoms with van der Waals surface area (Å²) < 4.78 is 6.00. The van der Waals surface area contributed by atoms with Gasteiger partial charge < -0.3 is 5.11 Å². The molecule has 1 unspecified atom stereocenters. The second-order valence-corrected chi connectivity index (χ2v) is 3.28. The molecule has 1 atom stereocenters. The summed E-state index contributed by atoms with van der Waals surface area (Å²) >= 11 is 0. The van der Waals surface area contributed by atoms with Crippen LogP contribution in [0.2, 0.25) is 0 Å². The Balaban J connectivity index is 2.35. The van der Waals surface area contributed by atoms with Crippen molar-refractivity contribution in [3.63, 3.8) is 0 Å². The van der Waals surface area contributed by atoms with Crippen LogP contribution in [0.15, 0.2) is 39.8 Å². The van der Waals surface area contributed by atoms with E-state index in [1.165, 1.54) is 10.9 Å². The van der Waals surface area contributed by atoms with Crippen LogP contribution in [-0.4, -0.2) is 10.4 Å². The van der Waals surface area contributed by atoms with Gasteiger partial charge in [0.1, 0.15) is 0 Å². The van der Waals surface area contributed by atoms with Crippen molar-refractivity contribution in [2.24, 2.45) is 0 Å². The van der Waals surface area contributed by atoms with Crippen molar-refractivity contribution in [3.05, 3.63) is 46.4 Å². The number of rotatable bonds is 2. The van der Waals surface area contributed by atoms with Crippen molar-refractivity contribution in [3.8, 4) is 5.69 Å². The SMILES string of the molecule is CC(O)c1ccc(-[n+]2cc(=O)o[nH]2)cc1. The first-order valence-corrected chi connectivity index (χ1v) is 4.55. The molecule has 2 aromatic rings. The third kappa shape index (κ3) is 1.97. The van der Waals surface area contributed by atoms with Crippen LogP contribution in [0.25, 0.3) is 5.69 Å². The van der Waals surface area contributed by atoms with Gasteiger partial charge in [-0.2, -0.15) is 0 Å². The van der Waals surface area contributed by atoms with Crippen molar-refractivity contribution < 1.29 is 14.3 Å². The van der Waals surface area contributed by atoms with Gasteiger partial charge in [0.25, 0.3) is 6.20 Å². The van der Waals surface area contributed by atoms with Crippen LogP contribution >= 0.6 is 0 Å². The third-order valence-corrected chi connectivity index (χ3v) is 2.13. The lowest BCUT2D eigenvalue weighted by Crippen LogP contribution is -2.32. The molecule has 0 bridgehead atoms. The first-order valence-electron chi connectivity index (χ1n) is 4.55. The molecule has 1 aromatic heterocycles. The molecule has 0 spiro atoms. The zero-order valence-corrected chi connectivity index (χ0v) is 8.18. The maximum atomic E-state index is 10.8. The summed E-state index contributed by atoms with van der Waals surface area (Å²) in [4.78, 5) is 10.8. The van der Waals surface area contributed by atoms with E-state index in [4.69, 9.17) is 0 Å². The monoisotopic (exact) mass is 207 g/mol. The number of aliphatic hydroxyl groups excluding tert-OH is 1. The van der Waals surface area contributed by atoms with Crippen LogP contribution in [-0.2, 0) is 0 Å². The van der Waals surface area contributed by atoms with Crippen LogP contribution < -0.4 is 10.3 Å². The number of nitrogens with zero attached hydrogens (tertiary/aromatic N) is 1. The van der Waals surface area contributed by atoms with E-state index < -0.39 is 11.7 Å². The second-order valence-electron chi connectivity index (χ2n) is 3.28. The molecular weight excluding hydrogens is 196 g/mol. The van der Waals surface area contributed by atoms with E-state index in [-0.39, 0.29) is 0 Å². The summed E-state index contributed by atoms with van der Waals surface area (Å²) in [7, 11) is 0. The van der Waals surface area contributed by atoms with E-state index in [1.54, 1.807) is 31.2 Å². The van der Waals surface area contributed by atoms with Crippen molar-refractivity contribution >= 4 is 0 Å². The lowest BCUT2D eigenvalue weighted by atomic mass is 10.1. The molecule has 0 aliphatic rings. The van der Waals surface area contributed by atoms with Gasteiger partial charge in [-0.3, -0.25) is 4.52 Å². The molecule has 5 nitrogen and oxygen atoms in total. The maximum Gasteiger partial charge on any atom is 0.427 e. The number of H-pyrrole nitrogens is 1. The Morgan fingerprint density at radius 1 is 1.40 bits per heavy atom. The van der Waals surface area contributed by atoms with E-state index in [0.717, 1.165) is 11.3 Å². The molecule has 1 heterocycles. The zero-order valence-electron chi connectivity index (χ0n) is 8.18. The van der Waals surface area contributed by atoms with Crippen molar-refractivity contribution in [1.29, 1.82) is 0 Å². The molecule has 0 aliphatic heterocycles. The van der Waals surface area contributed by atoms with E-state index in [1.807, 2.05) is 0 Å². The molecule has 0 saturated heterocycles. The van der Waals surface area contributed by atoms with Gasteiger partial charge in [0.15, 0.2) is 0 Å². The molecule has 1 aromatic carbocycles. The summed E-state index contributed by atoms with van der Waals surface area (Å²) in [6, 6.07) is 7.15. The van der Waals surface area contributed by atoms with Crippen LogP contribution in [0, 0.1) is 0 Å². The Labute approximate surface area is 85.5 Å². The molecule has 78 valence electrons. The minimum Gasteiger partial charge on any atom is -0.389 e. The Kier molecular flexibility index (Phi) is 2.39. The number of hydrogen-bond donors (Lipinski definition) is 2. The van der Waals surface area contributed by atoms with Gasteiger partial charge in [-0.25, -0.2) is 4.79 Å². The Morgan fingerprint density at radius 2 is 2.07 bits per heavy atom. The Hall–Kier alpha value is -1.88. The van der Waals surface area contributed by atoms with E-state index in [0.29, 0.717) is 0 Å². The lowest BCUT2D eigenvalue weighted by Gasteiger charge is -2.02. The van der Waals surface area contributed by atoms with Crippen molar-refractivity contribution in [1.82, 2.24) is 5.27 Å². The quantitative estimate of drug-likeness (QED) is 0.696. The fourth-order valence-corrected chi connectivity index (χ4v) is 1.29. The van der Waals surface area contributed by atoms with Gasteiger partial charge in [-0.15, -0.1) is 0 Å².